The Morgan fingerprint density at radius 3 is 2.88 bits per heavy atom. The summed E-state index contributed by atoms with van der Waals surface area (Å²) in [6, 6.07) is -0.0921. The summed E-state index contributed by atoms with van der Waals surface area (Å²) in [5.74, 6) is -0.496. The van der Waals surface area contributed by atoms with E-state index in [9.17, 15) is 13.2 Å². The molecule has 2 N–H and O–H groups in total. The highest BCUT2D eigenvalue weighted by Gasteiger charge is 2.19. The molecule has 16 heavy (non-hydrogen) atoms. The molecule has 0 spiro atoms. The normalized spacial score (nSPS) is 21.7. The molecule has 7 heteroatoms. The SMILES string of the molecule is CCCS(=O)(=O)NC(=O)CC1COCCN1. The lowest BCUT2D eigenvalue weighted by molar-refractivity contribution is -0.120. The maximum atomic E-state index is 11.4. The summed E-state index contributed by atoms with van der Waals surface area (Å²) in [5.41, 5.74) is 0. The number of hydrogen-bond donors (Lipinski definition) is 2. The van der Waals surface area contributed by atoms with Crippen LogP contribution >= 0.6 is 0 Å². The van der Waals surface area contributed by atoms with Gasteiger partial charge in [0.05, 0.1) is 19.0 Å². The highest BCUT2D eigenvalue weighted by molar-refractivity contribution is 7.90. The summed E-state index contributed by atoms with van der Waals surface area (Å²) in [5, 5.41) is 3.09. The first-order valence-corrected chi connectivity index (χ1v) is 7.03. The minimum Gasteiger partial charge on any atom is -0.378 e. The van der Waals surface area contributed by atoms with E-state index in [-0.39, 0.29) is 18.2 Å². The molecule has 1 saturated heterocycles. The van der Waals surface area contributed by atoms with Gasteiger partial charge in [0.15, 0.2) is 0 Å². The van der Waals surface area contributed by atoms with E-state index in [0.29, 0.717) is 26.2 Å². The Morgan fingerprint density at radius 1 is 1.56 bits per heavy atom. The Bertz CT molecular complexity index is 322. The molecule has 0 radical (unpaired) electrons. The number of nitrogens with one attached hydrogen (secondary N) is 2. The zero-order valence-electron chi connectivity index (χ0n) is 9.36. The van der Waals surface area contributed by atoms with E-state index in [0.717, 1.165) is 0 Å². The predicted octanol–water partition coefficient (Wildman–Crippen LogP) is -0.779. The quantitative estimate of drug-likeness (QED) is 0.669. The average molecular weight is 250 g/mol. The van der Waals surface area contributed by atoms with Crippen molar-refractivity contribution in [2.75, 3.05) is 25.5 Å². The van der Waals surface area contributed by atoms with Crippen molar-refractivity contribution in [2.24, 2.45) is 0 Å². The van der Waals surface area contributed by atoms with Crippen molar-refractivity contribution in [2.45, 2.75) is 25.8 Å². The molecule has 1 heterocycles. The molecule has 1 aliphatic rings. The van der Waals surface area contributed by atoms with Gasteiger partial charge in [-0.2, -0.15) is 0 Å². The number of sulfonamides is 1. The molecule has 1 amide bonds. The highest BCUT2D eigenvalue weighted by Crippen LogP contribution is 1.99. The first-order chi connectivity index (χ1) is 7.53. The third kappa shape index (κ3) is 4.91. The number of carbonyl (C=O) groups excluding carboxylic acids is 1. The summed E-state index contributed by atoms with van der Waals surface area (Å²) < 4.78 is 29.8. The summed E-state index contributed by atoms with van der Waals surface area (Å²) in [4.78, 5) is 11.4. The molecular formula is C9H18N2O4S. The fraction of sp³-hybridized carbons (Fsp3) is 0.889. The molecule has 6 nitrogen and oxygen atoms in total. The van der Waals surface area contributed by atoms with E-state index < -0.39 is 15.9 Å². The van der Waals surface area contributed by atoms with Gasteiger partial charge in [0.25, 0.3) is 0 Å². The van der Waals surface area contributed by atoms with E-state index in [4.69, 9.17) is 4.74 Å². The van der Waals surface area contributed by atoms with Crippen LogP contribution < -0.4 is 10.0 Å². The first-order valence-electron chi connectivity index (χ1n) is 5.38. The van der Waals surface area contributed by atoms with Crippen LogP contribution in [0.2, 0.25) is 0 Å². The van der Waals surface area contributed by atoms with Crippen molar-refractivity contribution >= 4 is 15.9 Å². The minimum atomic E-state index is -3.45. The van der Waals surface area contributed by atoms with Crippen LogP contribution in [0.5, 0.6) is 0 Å². The highest BCUT2D eigenvalue weighted by atomic mass is 32.2. The molecule has 0 saturated carbocycles. The van der Waals surface area contributed by atoms with Crippen LogP contribution in [0.3, 0.4) is 0 Å². The van der Waals surface area contributed by atoms with Crippen LogP contribution in [0.25, 0.3) is 0 Å². The largest absolute Gasteiger partial charge is 0.378 e. The second-order valence-corrected chi connectivity index (χ2v) is 5.62. The van der Waals surface area contributed by atoms with Crippen LogP contribution in [0.4, 0.5) is 0 Å². The lowest BCUT2D eigenvalue weighted by Gasteiger charge is -2.23. The van der Waals surface area contributed by atoms with Crippen LogP contribution in [-0.2, 0) is 19.6 Å². The summed E-state index contributed by atoms with van der Waals surface area (Å²) in [6.45, 7) is 3.52. The summed E-state index contributed by atoms with van der Waals surface area (Å²) in [6.07, 6.45) is 0.621. The zero-order valence-corrected chi connectivity index (χ0v) is 10.2. The van der Waals surface area contributed by atoms with Crippen LogP contribution in [0.15, 0.2) is 0 Å². The Hall–Kier alpha value is -0.660. The molecular weight excluding hydrogens is 232 g/mol. The van der Waals surface area contributed by atoms with Gasteiger partial charge in [0.2, 0.25) is 15.9 Å². The number of morpholine rings is 1. The van der Waals surface area contributed by atoms with Crippen molar-refractivity contribution in [1.82, 2.24) is 10.0 Å². The smallest absolute Gasteiger partial charge is 0.235 e. The molecule has 0 bridgehead atoms. The molecule has 1 unspecified atom stereocenters. The van der Waals surface area contributed by atoms with Crippen molar-refractivity contribution in [3.8, 4) is 0 Å². The van der Waals surface area contributed by atoms with E-state index in [1.165, 1.54) is 0 Å². The first kappa shape index (κ1) is 13.4. The van der Waals surface area contributed by atoms with Gasteiger partial charge in [-0.3, -0.25) is 9.52 Å². The van der Waals surface area contributed by atoms with Crippen molar-refractivity contribution in [1.29, 1.82) is 0 Å². The predicted molar refractivity (Wildman–Crippen MR) is 59.4 cm³/mol. The van der Waals surface area contributed by atoms with Gasteiger partial charge < -0.3 is 10.1 Å². The fourth-order valence-corrected chi connectivity index (χ4v) is 2.58. The third-order valence-electron chi connectivity index (χ3n) is 2.17. The topological polar surface area (TPSA) is 84.5 Å². The maximum absolute atomic E-state index is 11.4. The Kier molecular flexibility index (Phi) is 5.17. The van der Waals surface area contributed by atoms with Gasteiger partial charge in [-0.25, -0.2) is 8.42 Å². The second-order valence-electron chi connectivity index (χ2n) is 3.77. The monoisotopic (exact) mass is 250 g/mol. The van der Waals surface area contributed by atoms with Crippen LogP contribution in [0, 0.1) is 0 Å². The molecule has 1 atom stereocenters. The molecule has 1 rings (SSSR count). The molecule has 1 fully saturated rings. The Labute approximate surface area is 95.8 Å². The third-order valence-corrected chi connectivity index (χ3v) is 3.66. The van der Waals surface area contributed by atoms with Gasteiger partial charge in [-0.05, 0) is 6.42 Å². The van der Waals surface area contributed by atoms with Crippen LogP contribution in [-0.4, -0.2) is 45.9 Å². The molecule has 0 aromatic heterocycles. The van der Waals surface area contributed by atoms with Gasteiger partial charge in [0.1, 0.15) is 0 Å². The molecule has 1 aliphatic heterocycles. The van der Waals surface area contributed by atoms with Crippen LogP contribution in [0.1, 0.15) is 19.8 Å². The zero-order chi connectivity index (χ0) is 12.0. The summed E-state index contributed by atoms with van der Waals surface area (Å²) in [7, 11) is -3.45. The van der Waals surface area contributed by atoms with Gasteiger partial charge >= 0.3 is 0 Å². The molecule has 0 aromatic carbocycles. The fourth-order valence-electron chi connectivity index (χ4n) is 1.51. The lowest BCUT2D eigenvalue weighted by atomic mass is 10.2. The molecule has 0 aliphatic carbocycles. The van der Waals surface area contributed by atoms with Gasteiger partial charge in [-0.15, -0.1) is 0 Å². The molecule has 0 aromatic rings. The maximum Gasteiger partial charge on any atom is 0.235 e. The van der Waals surface area contributed by atoms with Crippen molar-refractivity contribution in [3.63, 3.8) is 0 Å². The van der Waals surface area contributed by atoms with Crippen molar-refractivity contribution < 1.29 is 17.9 Å². The number of rotatable bonds is 5. The van der Waals surface area contributed by atoms with Gasteiger partial charge in [-0.1, -0.05) is 6.92 Å². The van der Waals surface area contributed by atoms with E-state index in [2.05, 4.69) is 5.32 Å². The van der Waals surface area contributed by atoms with E-state index >= 15 is 0 Å². The number of hydrogen-bond acceptors (Lipinski definition) is 5. The average Bonchev–Trinajstić information content (AvgIpc) is 2.17. The van der Waals surface area contributed by atoms with Gasteiger partial charge in [0, 0.05) is 19.0 Å². The van der Waals surface area contributed by atoms with Crippen molar-refractivity contribution in [3.05, 3.63) is 0 Å². The standard InChI is InChI=1S/C9H18N2O4S/c1-2-5-16(13,14)11-9(12)6-8-7-15-4-3-10-8/h8,10H,2-7H2,1H3,(H,11,12). The van der Waals surface area contributed by atoms with E-state index in [1.807, 2.05) is 4.72 Å². The molecule has 94 valence electrons. The number of carbonyl (C=O) groups is 1. The number of ether oxygens (including phenoxy) is 1. The Morgan fingerprint density at radius 2 is 2.31 bits per heavy atom. The lowest BCUT2D eigenvalue weighted by Crippen LogP contribution is -2.45. The second kappa shape index (κ2) is 6.17. The number of amides is 1. The minimum absolute atomic E-state index is 0.0205. The Balaban J connectivity index is 2.34. The summed E-state index contributed by atoms with van der Waals surface area (Å²) >= 11 is 0. The van der Waals surface area contributed by atoms with E-state index in [1.54, 1.807) is 6.92 Å².